The molecule has 1 rings (SSSR count). The molecule has 0 radical (unpaired) electrons. The number of carbonyl (C=O) groups is 1. The van der Waals surface area contributed by atoms with Crippen LogP contribution >= 0.6 is 21.6 Å². The molecule has 0 saturated heterocycles. The highest BCUT2D eigenvalue weighted by Crippen LogP contribution is 2.33. The van der Waals surface area contributed by atoms with E-state index in [1.54, 1.807) is 6.26 Å². The fourth-order valence-corrected chi connectivity index (χ4v) is 3.01. The first-order valence-electron chi connectivity index (χ1n) is 3.93. The SMILES string of the molecule is Cc1occc1SSC[C@H](N)C(=O)O. The molecule has 0 unspecified atom stereocenters. The maximum absolute atomic E-state index is 10.4. The van der Waals surface area contributed by atoms with E-state index in [4.69, 9.17) is 15.3 Å². The summed E-state index contributed by atoms with van der Waals surface area (Å²) in [4.78, 5) is 11.4. The Morgan fingerprint density at radius 3 is 3.00 bits per heavy atom. The van der Waals surface area contributed by atoms with E-state index in [2.05, 4.69) is 0 Å². The Labute approximate surface area is 89.6 Å². The van der Waals surface area contributed by atoms with Crippen molar-refractivity contribution >= 4 is 27.6 Å². The first-order valence-corrected chi connectivity index (χ1v) is 6.25. The number of furan rings is 1. The van der Waals surface area contributed by atoms with E-state index in [1.165, 1.54) is 21.6 Å². The summed E-state index contributed by atoms with van der Waals surface area (Å²) in [7, 11) is 2.89. The van der Waals surface area contributed by atoms with Crippen LogP contribution in [0.25, 0.3) is 0 Å². The van der Waals surface area contributed by atoms with Crippen molar-refractivity contribution in [2.75, 3.05) is 5.75 Å². The van der Waals surface area contributed by atoms with Crippen LogP contribution in [-0.2, 0) is 4.79 Å². The molecule has 4 nitrogen and oxygen atoms in total. The lowest BCUT2D eigenvalue weighted by atomic mass is 10.4. The third kappa shape index (κ3) is 3.28. The zero-order valence-electron chi connectivity index (χ0n) is 7.60. The first-order chi connectivity index (χ1) is 6.61. The molecule has 0 bridgehead atoms. The molecule has 0 saturated carbocycles. The molecule has 1 aromatic rings. The molecular formula is C8H11NO3S2. The highest BCUT2D eigenvalue weighted by molar-refractivity contribution is 8.76. The van der Waals surface area contributed by atoms with Crippen molar-refractivity contribution in [2.24, 2.45) is 5.73 Å². The van der Waals surface area contributed by atoms with Gasteiger partial charge in [0.2, 0.25) is 0 Å². The van der Waals surface area contributed by atoms with Gasteiger partial charge in [-0.3, -0.25) is 4.79 Å². The maximum atomic E-state index is 10.4. The van der Waals surface area contributed by atoms with Crippen molar-refractivity contribution in [3.8, 4) is 0 Å². The van der Waals surface area contributed by atoms with Crippen LogP contribution in [0.15, 0.2) is 21.6 Å². The van der Waals surface area contributed by atoms with Gasteiger partial charge in [-0.1, -0.05) is 21.6 Å². The molecule has 0 fully saturated rings. The van der Waals surface area contributed by atoms with Gasteiger partial charge in [-0.25, -0.2) is 0 Å². The van der Waals surface area contributed by atoms with Gasteiger partial charge in [-0.15, -0.1) is 0 Å². The quantitative estimate of drug-likeness (QED) is 0.754. The number of aliphatic carboxylic acids is 1. The minimum atomic E-state index is -0.970. The van der Waals surface area contributed by atoms with Crippen LogP contribution in [0.5, 0.6) is 0 Å². The highest BCUT2D eigenvalue weighted by atomic mass is 33.1. The van der Waals surface area contributed by atoms with Crippen LogP contribution in [0.2, 0.25) is 0 Å². The zero-order valence-corrected chi connectivity index (χ0v) is 9.23. The summed E-state index contributed by atoms with van der Waals surface area (Å²) in [6.45, 7) is 1.86. The van der Waals surface area contributed by atoms with Crippen molar-refractivity contribution in [3.63, 3.8) is 0 Å². The molecule has 14 heavy (non-hydrogen) atoms. The number of nitrogens with two attached hydrogens (primary N) is 1. The van der Waals surface area contributed by atoms with Crippen molar-refractivity contribution in [1.29, 1.82) is 0 Å². The van der Waals surface area contributed by atoms with Gasteiger partial charge in [0.05, 0.1) is 11.2 Å². The molecule has 1 heterocycles. The summed E-state index contributed by atoms with van der Waals surface area (Å²) in [6.07, 6.45) is 1.61. The zero-order chi connectivity index (χ0) is 10.6. The monoisotopic (exact) mass is 233 g/mol. The molecule has 6 heteroatoms. The minimum absolute atomic E-state index is 0.380. The number of aryl methyl sites for hydroxylation is 1. The number of carboxylic acids is 1. The van der Waals surface area contributed by atoms with Gasteiger partial charge in [-0.2, -0.15) is 0 Å². The predicted octanol–water partition coefficient (Wildman–Crippen LogP) is 1.74. The largest absolute Gasteiger partial charge is 0.480 e. The number of carboxylic acid groups (broad SMARTS) is 1. The molecule has 0 spiro atoms. The molecule has 0 aliphatic carbocycles. The Morgan fingerprint density at radius 1 is 1.79 bits per heavy atom. The van der Waals surface area contributed by atoms with Gasteiger partial charge < -0.3 is 15.3 Å². The Hall–Kier alpha value is -0.590. The molecule has 78 valence electrons. The third-order valence-corrected chi connectivity index (χ3v) is 4.04. The molecule has 3 N–H and O–H groups in total. The average molecular weight is 233 g/mol. The summed E-state index contributed by atoms with van der Waals surface area (Å²) in [5.41, 5.74) is 5.34. The standard InChI is InChI=1S/C8H11NO3S2/c1-5-7(2-3-12-5)14-13-4-6(9)8(10)11/h2-3,6H,4,9H2,1H3,(H,10,11)/t6-/m0/s1. The summed E-state index contributed by atoms with van der Waals surface area (Å²) >= 11 is 0. The van der Waals surface area contributed by atoms with E-state index < -0.39 is 12.0 Å². The third-order valence-electron chi connectivity index (χ3n) is 1.52. The van der Waals surface area contributed by atoms with Crippen LogP contribution in [0.3, 0.4) is 0 Å². The smallest absolute Gasteiger partial charge is 0.321 e. The predicted molar refractivity (Wildman–Crippen MR) is 57.4 cm³/mol. The summed E-state index contributed by atoms with van der Waals surface area (Å²) in [5, 5.41) is 8.53. The van der Waals surface area contributed by atoms with Gasteiger partial charge in [0.25, 0.3) is 0 Å². The lowest BCUT2D eigenvalue weighted by Gasteiger charge is -2.03. The second kappa shape index (κ2) is 5.33. The minimum Gasteiger partial charge on any atom is -0.480 e. The Balaban J connectivity index is 2.29. The lowest BCUT2D eigenvalue weighted by Crippen LogP contribution is -2.32. The van der Waals surface area contributed by atoms with Crippen molar-refractivity contribution in [1.82, 2.24) is 0 Å². The number of hydrogen-bond donors (Lipinski definition) is 2. The van der Waals surface area contributed by atoms with Crippen LogP contribution in [0.4, 0.5) is 0 Å². The van der Waals surface area contributed by atoms with E-state index in [9.17, 15) is 4.79 Å². The molecule has 1 atom stereocenters. The highest BCUT2D eigenvalue weighted by Gasteiger charge is 2.12. The van der Waals surface area contributed by atoms with E-state index in [0.29, 0.717) is 5.75 Å². The van der Waals surface area contributed by atoms with Crippen LogP contribution in [0.1, 0.15) is 5.76 Å². The van der Waals surface area contributed by atoms with Crippen molar-refractivity contribution in [2.45, 2.75) is 17.9 Å². The fourth-order valence-electron chi connectivity index (χ4n) is 0.702. The van der Waals surface area contributed by atoms with E-state index >= 15 is 0 Å². The topological polar surface area (TPSA) is 76.5 Å². The number of rotatable bonds is 5. The summed E-state index contributed by atoms with van der Waals surface area (Å²) in [5.74, 6) is 0.248. The lowest BCUT2D eigenvalue weighted by molar-refractivity contribution is -0.137. The molecule has 0 aromatic carbocycles. The second-order valence-corrected chi connectivity index (χ2v) is 5.04. The van der Waals surface area contributed by atoms with Gasteiger partial charge >= 0.3 is 5.97 Å². The van der Waals surface area contributed by atoms with Crippen LogP contribution in [-0.4, -0.2) is 22.9 Å². The number of hydrogen-bond acceptors (Lipinski definition) is 5. The molecule has 0 aliphatic heterocycles. The second-order valence-electron chi connectivity index (χ2n) is 2.65. The van der Waals surface area contributed by atoms with E-state index in [1.807, 2.05) is 13.0 Å². The average Bonchev–Trinajstić information content (AvgIpc) is 2.51. The Morgan fingerprint density at radius 2 is 2.50 bits per heavy atom. The Kier molecular flexibility index (Phi) is 4.37. The normalized spacial score (nSPS) is 12.7. The van der Waals surface area contributed by atoms with Crippen molar-refractivity contribution in [3.05, 3.63) is 18.1 Å². The van der Waals surface area contributed by atoms with Gasteiger partial charge in [0, 0.05) is 5.75 Å². The molecule has 1 aromatic heterocycles. The summed E-state index contributed by atoms with van der Waals surface area (Å²) in [6, 6.07) is 1.04. The fraction of sp³-hybridized carbons (Fsp3) is 0.375. The summed E-state index contributed by atoms with van der Waals surface area (Å²) < 4.78 is 5.09. The van der Waals surface area contributed by atoms with Crippen molar-refractivity contribution < 1.29 is 14.3 Å². The molecular weight excluding hydrogens is 222 g/mol. The maximum Gasteiger partial charge on any atom is 0.321 e. The van der Waals surface area contributed by atoms with E-state index in [0.717, 1.165) is 10.7 Å². The van der Waals surface area contributed by atoms with E-state index in [-0.39, 0.29) is 0 Å². The Bertz CT molecular complexity index is 313. The van der Waals surface area contributed by atoms with Gasteiger partial charge in [-0.05, 0) is 13.0 Å². The van der Waals surface area contributed by atoms with Crippen LogP contribution < -0.4 is 5.73 Å². The molecule has 0 aliphatic rings. The molecule has 0 amide bonds. The van der Waals surface area contributed by atoms with Crippen LogP contribution in [0, 0.1) is 6.92 Å². The first kappa shape index (κ1) is 11.5. The van der Waals surface area contributed by atoms with Gasteiger partial charge in [0.1, 0.15) is 11.8 Å². The van der Waals surface area contributed by atoms with Gasteiger partial charge in [0.15, 0.2) is 0 Å².